The second kappa shape index (κ2) is 11.4. The summed E-state index contributed by atoms with van der Waals surface area (Å²) < 4.78 is 5.14. The van der Waals surface area contributed by atoms with Crippen LogP contribution in [0.3, 0.4) is 0 Å². The van der Waals surface area contributed by atoms with Crippen LogP contribution < -0.4 is 5.32 Å². The van der Waals surface area contributed by atoms with Gasteiger partial charge in [0.2, 0.25) is 0 Å². The maximum Gasteiger partial charge on any atom is 0.407 e. The van der Waals surface area contributed by atoms with E-state index < -0.39 is 6.09 Å². The Hall–Kier alpha value is -3.64. The lowest BCUT2D eigenvalue weighted by atomic mass is 10.2. The van der Waals surface area contributed by atoms with Crippen LogP contribution in [0.4, 0.5) is 4.79 Å². The molecule has 0 fully saturated rings. The summed E-state index contributed by atoms with van der Waals surface area (Å²) in [6.07, 6.45) is -0.657. The highest BCUT2D eigenvalue weighted by Gasteiger charge is 2.17. The minimum absolute atomic E-state index is 0.138. The second-order valence-corrected chi connectivity index (χ2v) is 6.59. The number of benzene rings is 3. The van der Waals surface area contributed by atoms with Gasteiger partial charge in [0, 0.05) is 0 Å². The van der Waals surface area contributed by atoms with Crippen LogP contribution >= 0.6 is 0 Å². The van der Waals surface area contributed by atoms with Crippen LogP contribution in [0.25, 0.3) is 0 Å². The molecule has 6 nitrogen and oxygen atoms in total. The highest BCUT2D eigenvalue weighted by atomic mass is 16.7. The Balaban J connectivity index is 1.53. The average Bonchev–Trinajstić information content (AvgIpc) is 2.81. The molecule has 0 saturated heterocycles. The van der Waals surface area contributed by atoms with Gasteiger partial charge in [-0.15, -0.1) is 0 Å². The first-order valence-electron chi connectivity index (χ1n) is 9.66. The molecule has 1 N–H and O–H groups in total. The first kappa shape index (κ1) is 21.1. The van der Waals surface area contributed by atoms with E-state index in [0.717, 1.165) is 16.7 Å². The van der Waals surface area contributed by atoms with Gasteiger partial charge in [-0.25, -0.2) is 9.86 Å². The molecule has 3 rings (SSSR count). The van der Waals surface area contributed by atoms with Crippen molar-refractivity contribution < 1.29 is 19.2 Å². The van der Waals surface area contributed by atoms with Crippen molar-refractivity contribution in [1.82, 2.24) is 10.4 Å². The van der Waals surface area contributed by atoms with Crippen molar-refractivity contribution >= 4 is 12.0 Å². The number of hydrogen-bond acceptors (Lipinski definition) is 4. The molecule has 3 aromatic rings. The molecule has 0 atom stereocenters. The highest BCUT2D eigenvalue weighted by Crippen LogP contribution is 2.09. The molecule has 0 spiro atoms. The summed E-state index contributed by atoms with van der Waals surface area (Å²) in [6.45, 7) is 0.430. The smallest absolute Gasteiger partial charge is 0.407 e. The van der Waals surface area contributed by atoms with E-state index in [2.05, 4.69) is 5.32 Å². The average molecular weight is 404 g/mol. The molecule has 154 valence electrons. The van der Waals surface area contributed by atoms with Crippen molar-refractivity contribution in [2.45, 2.75) is 19.8 Å². The van der Waals surface area contributed by atoms with Crippen LogP contribution in [0.5, 0.6) is 0 Å². The summed E-state index contributed by atoms with van der Waals surface area (Å²) in [5.41, 5.74) is 2.74. The van der Waals surface area contributed by atoms with E-state index >= 15 is 0 Å². The van der Waals surface area contributed by atoms with Crippen LogP contribution in [0.15, 0.2) is 91.0 Å². The summed E-state index contributed by atoms with van der Waals surface area (Å²) in [7, 11) is 0. The number of rotatable bonds is 9. The van der Waals surface area contributed by atoms with Gasteiger partial charge >= 0.3 is 6.09 Å². The van der Waals surface area contributed by atoms with Crippen LogP contribution in [0, 0.1) is 0 Å². The van der Waals surface area contributed by atoms with Gasteiger partial charge in [0.15, 0.2) is 0 Å². The fraction of sp³-hybridized carbons (Fsp3) is 0.167. The third-order valence-corrected chi connectivity index (χ3v) is 4.27. The number of nitrogens with one attached hydrogen (secondary N) is 1. The number of hydrogen-bond donors (Lipinski definition) is 1. The standard InChI is InChI=1S/C24H24N2O4/c27-23(16-25-24(28)29-18-21-12-6-2-7-13-21)26(17-20-10-4-1-5-11-20)30-19-22-14-8-3-9-15-22/h1-15H,16-19H2,(H,25,28). The van der Waals surface area contributed by atoms with Gasteiger partial charge in [-0.1, -0.05) is 91.0 Å². The molecule has 30 heavy (non-hydrogen) atoms. The molecule has 0 aliphatic heterocycles. The number of carbonyl (C=O) groups excluding carboxylic acids is 2. The third kappa shape index (κ3) is 7.07. The van der Waals surface area contributed by atoms with Gasteiger partial charge in [-0.05, 0) is 16.7 Å². The molecule has 0 radical (unpaired) electrons. The van der Waals surface area contributed by atoms with Gasteiger partial charge in [0.1, 0.15) is 19.8 Å². The molecule has 0 aromatic heterocycles. The number of alkyl carbamates (subject to hydrolysis) is 1. The Labute approximate surface area is 176 Å². The van der Waals surface area contributed by atoms with Crippen molar-refractivity contribution in [1.29, 1.82) is 0 Å². The fourth-order valence-corrected chi connectivity index (χ4v) is 2.69. The Morgan fingerprint density at radius 1 is 0.700 bits per heavy atom. The van der Waals surface area contributed by atoms with Gasteiger partial charge in [0.05, 0.1) is 6.54 Å². The van der Waals surface area contributed by atoms with Crippen molar-refractivity contribution in [3.63, 3.8) is 0 Å². The zero-order chi connectivity index (χ0) is 21.0. The number of hydroxylamine groups is 2. The predicted molar refractivity (Wildman–Crippen MR) is 113 cm³/mol. The zero-order valence-corrected chi connectivity index (χ0v) is 16.6. The van der Waals surface area contributed by atoms with E-state index in [1.165, 1.54) is 5.06 Å². The fourth-order valence-electron chi connectivity index (χ4n) is 2.69. The zero-order valence-electron chi connectivity index (χ0n) is 16.6. The second-order valence-electron chi connectivity index (χ2n) is 6.59. The number of nitrogens with zero attached hydrogens (tertiary/aromatic N) is 1. The number of amides is 2. The number of ether oxygens (including phenoxy) is 1. The topological polar surface area (TPSA) is 67.9 Å². The first-order valence-corrected chi connectivity index (χ1v) is 9.66. The highest BCUT2D eigenvalue weighted by molar-refractivity contribution is 5.81. The molecular weight excluding hydrogens is 380 g/mol. The van der Waals surface area contributed by atoms with E-state index in [9.17, 15) is 9.59 Å². The monoisotopic (exact) mass is 404 g/mol. The maximum atomic E-state index is 12.7. The van der Waals surface area contributed by atoms with E-state index in [1.807, 2.05) is 91.0 Å². The summed E-state index contributed by atoms with van der Waals surface area (Å²) in [5.74, 6) is -0.369. The summed E-state index contributed by atoms with van der Waals surface area (Å²) in [4.78, 5) is 30.4. The SMILES string of the molecule is O=C(NCC(=O)N(Cc1ccccc1)OCc1ccccc1)OCc1ccccc1. The summed E-state index contributed by atoms with van der Waals surface area (Å²) in [6, 6.07) is 28.4. The normalized spacial score (nSPS) is 10.3. The van der Waals surface area contributed by atoms with E-state index in [-0.39, 0.29) is 32.2 Å². The Kier molecular flexibility index (Phi) is 8.00. The van der Waals surface area contributed by atoms with Gasteiger partial charge in [-0.3, -0.25) is 9.63 Å². The van der Waals surface area contributed by atoms with Crippen LogP contribution in [-0.2, 0) is 34.1 Å². The largest absolute Gasteiger partial charge is 0.445 e. The maximum absolute atomic E-state index is 12.7. The lowest BCUT2D eigenvalue weighted by molar-refractivity contribution is -0.194. The Bertz CT molecular complexity index is 918. The molecule has 3 aromatic carbocycles. The molecule has 0 saturated carbocycles. The Morgan fingerprint density at radius 3 is 1.77 bits per heavy atom. The van der Waals surface area contributed by atoms with Crippen LogP contribution in [0.1, 0.15) is 16.7 Å². The quantitative estimate of drug-likeness (QED) is 0.546. The predicted octanol–water partition coefficient (Wildman–Crippen LogP) is 4.07. The lowest BCUT2D eigenvalue weighted by Gasteiger charge is -2.22. The number of carbonyl (C=O) groups is 2. The minimum atomic E-state index is -0.657. The van der Waals surface area contributed by atoms with Crippen LogP contribution in [-0.4, -0.2) is 23.6 Å². The summed E-state index contributed by atoms with van der Waals surface area (Å²) >= 11 is 0. The van der Waals surface area contributed by atoms with Crippen molar-refractivity contribution in [3.05, 3.63) is 108 Å². The lowest BCUT2D eigenvalue weighted by Crippen LogP contribution is -2.40. The van der Waals surface area contributed by atoms with Crippen molar-refractivity contribution in [3.8, 4) is 0 Å². The van der Waals surface area contributed by atoms with Gasteiger partial charge < -0.3 is 10.1 Å². The molecule has 0 bridgehead atoms. The van der Waals surface area contributed by atoms with E-state index in [0.29, 0.717) is 0 Å². The van der Waals surface area contributed by atoms with E-state index in [1.54, 1.807) is 0 Å². The molecule has 0 unspecified atom stereocenters. The molecular formula is C24H24N2O4. The van der Waals surface area contributed by atoms with E-state index in [4.69, 9.17) is 9.57 Å². The van der Waals surface area contributed by atoms with Gasteiger partial charge in [0.25, 0.3) is 5.91 Å². The molecule has 0 aliphatic rings. The Morgan fingerprint density at radius 2 is 1.20 bits per heavy atom. The van der Waals surface area contributed by atoms with Gasteiger partial charge in [-0.2, -0.15) is 0 Å². The van der Waals surface area contributed by atoms with Crippen molar-refractivity contribution in [2.24, 2.45) is 0 Å². The minimum Gasteiger partial charge on any atom is -0.445 e. The molecule has 6 heteroatoms. The van der Waals surface area contributed by atoms with Crippen molar-refractivity contribution in [2.75, 3.05) is 6.54 Å². The molecule has 2 amide bonds. The summed E-state index contributed by atoms with van der Waals surface area (Å²) in [5, 5.41) is 3.75. The molecule has 0 heterocycles. The third-order valence-electron chi connectivity index (χ3n) is 4.27. The first-order chi connectivity index (χ1) is 14.7. The van der Waals surface area contributed by atoms with Crippen LogP contribution in [0.2, 0.25) is 0 Å². The molecule has 0 aliphatic carbocycles.